The van der Waals surface area contributed by atoms with E-state index in [4.69, 9.17) is 24.8 Å². The van der Waals surface area contributed by atoms with Gasteiger partial charge >= 0.3 is 25.7 Å². The maximum absolute atomic E-state index is 12.5. The standard InChI is InChI=1S/C36H58NO10P/c1-3-5-7-9-11-13-15-16-18-20-22-24-26-28-35(39)47-32(30-45-48(42,43)46-31-33(37)36(40)41)29-44-34(38)27-25-23-21-19-17-14-12-10-8-6-4-2/h5,7,9-13,15-16,18,20,22,32-33H,3-4,6,8,14,17,19,21,23-31,37H2,1-2H3,(H,40,41)(H,42,43)/b7-5+,11-9+,12-10+,15-13+,18-16+,22-20+/t32?,33-/m0/s1. The normalized spacial score (nSPS) is 14.9. The molecule has 3 atom stereocenters. The van der Waals surface area contributed by atoms with Crippen LogP contribution in [0.3, 0.4) is 0 Å². The lowest BCUT2D eigenvalue weighted by atomic mass is 10.1. The molecule has 11 nitrogen and oxygen atoms in total. The maximum atomic E-state index is 12.5. The summed E-state index contributed by atoms with van der Waals surface area (Å²) >= 11 is 0. The summed E-state index contributed by atoms with van der Waals surface area (Å²) in [6.07, 6.45) is 34.3. The maximum Gasteiger partial charge on any atom is 0.472 e. The smallest absolute Gasteiger partial charge is 0.472 e. The fourth-order valence-electron chi connectivity index (χ4n) is 3.84. The SMILES string of the molecule is CC/C=C/C=C/C=C/C=C/C=C/CCCC(=O)OC(COC(=O)CCCCCCC/C=C/CCCC)COP(=O)(O)OC[C@H](N)C(=O)O. The number of unbranched alkanes of at least 4 members (excludes halogenated alkanes) is 8. The van der Waals surface area contributed by atoms with Gasteiger partial charge in [0, 0.05) is 12.8 Å². The van der Waals surface area contributed by atoms with Gasteiger partial charge in [0.1, 0.15) is 12.6 Å². The Balaban J connectivity index is 4.68. The molecule has 0 rings (SSSR count). The molecule has 48 heavy (non-hydrogen) atoms. The second-order valence-corrected chi connectivity index (χ2v) is 12.5. The van der Waals surface area contributed by atoms with Crippen molar-refractivity contribution in [1.29, 1.82) is 0 Å². The van der Waals surface area contributed by atoms with Crippen LogP contribution in [0.25, 0.3) is 0 Å². The summed E-state index contributed by atoms with van der Waals surface area (Å²) in [6.45, 7) is 2.47. The van der Waals surface area contributed by atoms with Crippen LogP contribution in [0.4, 0.5) is 0 Å². The first kappa shape index (κ1) is 44.9. The number of hydrogen-bond acceptors (Lipinski definition) is 9. The Morgan fingerprint density at radius 1 is 0.667 bits per heavy atom. The molecular weight excluding hydrogens is 637 g/mol. The number of nitrogens with two attached hydrogens (primary N) is 1. The number of allylic oxidation sites excluding steroid dienone is 12. The van der Waals surface area contributed by atoms with E-state index in [1.165, 1.54) is 12.8 Å². The van der Waals surface area contributed by atoms with Crippen LogP contribution in [-0.4, -0.2) is 59.9 Å². The molecule has 0 spiro atoms. The largest absolute Gasteiger partial charge is 0.480 e. The number of phosphoric acid groups is 1. The van der Waals surface area contributed by atoms with Gasteiger partial charge in [-0.3, -0.25) is 23.4 Å². The van der Waals surface area contributed by atoms with Crippen LogP contribution in [0.5, 0.6) is 0 Å². The molecular formula is C36H58NO10P. The van der Waals surface area contributed by atoms with Gasteiger partial charge in [0.15, 0.2) is 6.10 Å². The first-order valence-electron chi connectivity index (χ1n) is 17.0. The van der Waals surface area contributed by atoms with Crippen LogP contribution in [0.2, 0.25) is 0 Å². The molecule has 0 heterocycles. The van der Waals surface area contributed by atoms with Crippen molar-refractivity contribution in [1.82, 2.24) is 0 Å². The number of aliphatic carboxylic acids is 1. The van der Waals surface area contributed by atoms with Crippen LogP contribution in [-0.2, 0) is 37.5 Å². The summed E-state index contributed by atoms with van der Waals surface area (Å²) in [5, 5.41) is 8.83. The molecule has 0 aliphatic carbocycles. The highest BCUT2D eigenvalue weighted by Crippen LogP contribution is 2.43. The van der Waals surface area contributed by atoms with Crippen LogP contribution < -0.4 is 5.73 Å². The number of carbonyl (C=O) groups excluding carboxylic acids is 2. The van der Waals surface area contributed by atoms with Gasteiger partial charge in [-0.15, -0.1) is 0 Å². The number of phosphoric ester groups is 1. The number of carboxylic acid groups (broad SMARTS) is 1. The van der Waals surface area contributed by atoms with E-state index in [-0.39, 0.29) is 19.4 Å². The van der Waals surface area contributed by atoms with Gasteiger partial charge < -0.3 is 25.2 Å². The molecule has 0 aromatic carbocycles. The van der Waals surface area contributed by atoms with Crippen molar-refractivity contribution >= 4 is 25.7 Å². The second-order valence-electron chi connectivity index (χ2n) is 11.0. The van der Waals surface area contributed by atoms with E-state index in [1.54, 1.807) is 0 Å². The number of esters is 2. The third-order valence-corrected chi connectivity index (χ3v) is 7.52. The van der Waals surface area contributed by atoms with Crippen molar-refractivity contribution in [3.05, 3.63) is 72.9 Å². The van der Waals surface area contributed by atoms with Gasteiger partial charge in [-0.05, 0) is 44.9 Å². The zero-order valence-corrected chi connectivity index (χ0v) is 29.7. The summed E-state index contributed by atoms with van der Waals surface area (Å²) in [4.78, 5) is 45.5. The second kappa shape index (κ2) is 31.2. The Bertz CT molecular complexity index is 1100. The molecule has 2 unspecified atom stereocenters. The van der Waals surface area contributed by atoms with Crippen molar-refractivity contribution in [2.45, 2.75) is 116 Å². The van der Waals surface area contributed by atoms with E-state index in [2.05, 4.69) is 36.6 Å². The number of carboxylic acids is 1. The summed E-state index contributed by atoms with van der Waals surface area (Å²) in [7, 11) is -4.73. The van der Waals surface area contributed by atoms with E-state index in [0.29, 0.717) is 19.3 Å². The van der Waals surface area contributed by atoms with Gasteiger partial charge in [0.2, 0.25) is 0 Å². The van der Waals surface area contributed by atoms with Crippen molar-refractivity contribution in [2.24, 2.45) is 5.73 Å². The predicted octanol–water partition coefficient (Wildman–Crippen LogP) is 7.83. The number of hydrogen-bond donors (Lipinski definition) is 3. The first-order chi connectivity index (χ1) is 23.1. The van der Waals surface area contributed by atoms with Gasteiger partial charge in [0.25, 0.3) is 0 Å². The molecule has 0 aromatic heterocycles. The van der Waals surface area contributed by atoms with E-state index < -0.39 is 51.1 Å². The minimum absolute atomic E-state index is 0.0593. The van der Waals surface area contributed by atoms with E-state index in [1.807, 2.05) is 54.7 Å². The average molecular weight is 696 g/mol. The van der Waals surface area contributed by atoms with Crippen LogP contribution in [0.15, 0.2) is 72.9 Å². The highest BCUT2D eigenvalue weighted by atomic mass is 31.2. The molecule has 12 heteroatoms. The minimum Gasteiger partial charge on any atom is -0.480 e. The fraction of sp³-hybridized carbons (Fsp3) is 0.583. The molecule has 0 aliphatic rings. The molecule has 4 N–H and O–H groups in total. The Morgan fingerprint density at radius 3 is 1.85 bits per heavy atom. The Hall–Kier alpha value is -3.08. The van der Waals surface area contributed by atoms with Crippen LogP contribution in [0, 0.1) is 0 Å². The summed E-state index contributed by atoms with van der Waals surface area (Å²) < 4.78 is 32.3. The van der Waals surface area contributed by atoms with Gasteiger partial charge in [-0.25, -0.2) is 4.57 Å². The number of ether oxygens (including phenoxy) is 2. The number of carbonyl (C=O) groups is 3. The van der Waals surface area contributed by atoms with Crippen molar-refractivity contribution in [2.75, 3.05) is 19.8 Å². The molecule has 0 fully saturated rings. The third kappa shape index (κ3) is 30.3. The van der Waals surface area contributed by atoms with E-state index in [9.17, 15) is 23.8 Å². The van der Waals surface area contributed by atoms with Gasteiger partial charge in [0.05, 0.1) is 13.2 Å². The zero-order valence-electron chi connectivity index (χ0n) is 28.8. The molecule has 0 radical (unpaired) electrons. The molecule has 272 valence electrons. The summed E-state index contributed by atoms with van der Waals surface area (Å²) in [5.41, 5.74) is 5.29. The van der Waals surface area contributed by atoms with Gasteiger partial charge in [-0.1, -0.05) is 119 Å². The molecule has 0 amide bonds. The predicted molar refractivity (Wildman–Crippen MR) is 189 cm³/mol. The highest BCUT2D eigenvalue weighted by molar-refractivity contribution is 7.47. The topological polar surface area (TPSA) is 172 Å². The quantitative estimate of drug-likeness (QED) is 0.0220. The van der Waals surface area contributed by atoms with E-state index in [0.717, 1.165) is 44.9 Å². The highest BCUT2D eigenvalue weighted by Gasteiger charge is 2.28. The Labute approximate surface area is 287 Å². The average Bonchev–Trinajstić information content (AvgIpc) is 3.05. The third-order valence-electron chi connectivity index (χ3n) is 6.57. The monoisotopic (exact) mass is 695 g/mol. The van der Waals surface area contributed by atoms with Crippen molar-refractivity contribution in [3.63, 3.8) is 0 Å². The van der Waals surface area contributed by atoms with Crippen LogP contribution in [0.1, 0.15) is 104 Å². The van der Waals surface area contributed by atoms with E-state index >= 15 is 0 Å². The van der Waals surface area contributed by atoms with Crippen molar-refractivity contribution < 1.29 is 47.5 Å². The van der Waals surface area contributed by atoms with Crippen LogP contribution >= 0.6 is 7.82 Å². The summed E-state index contributed by atoms with van der Waals surface area (Å²) in [5.74, 6) is -2.50. The summed E-state index contributed by atoms with van der Waals surface area (Å²) in [6, 6.07) is -1.54. The molecule has 0 aliphatic heterocycles. The lowest BCUT2D eigenvalue weighted by Crippen LogP contribution is -2.34. The molecule has 0 bridgehead atoms. The molecule has 0 saturated carbocycles. The fourth-order valence-corrected chi connectivity index (χ4v) is 4.62. The number of rotatable bonds is 30. The molecule has 0 aromatic rings. The minimum atomic E-state index is -4.73. The zero-order chi connectivity index (χ0) is 35.7. The van der Waals surface area contributed by atoms with Crippen molar-refractivity contribution in [3.8, 4) is 0 Å². The molecule has 0 saturated heterocycles. The Morgan fingerprint density at radius 2 is 1.21 bits per heavy atom. The first-order valence-corrected chi connectivity index (χ1v) is 18.5. The van der Waals surface area contributed by atoms with Gasteiger partial charge in [-0.2, -0.15) is 0 Å². The lowest BCUT2D eigenvalue weighted by Gasteiger charge is -2.20. The Kier molecular flexibility index (Phi) is 29.2. The lowest BCUT2D eigenvalue weighted by molar-refractivity contribution is -0.161.